The quantitative estimate of drug-likeness (QED) is 0.812. The van der Waals surface area contributed by atoms with Crippen molar-refractivity contribution in [3.63, 3.8) is 0 Å². The fraction of sp³-hybridized carbons (Fsp3) is 0.421. The summed E-state index contributed by atoms with van der Waals surface area (Å²) >= 11 is 0. The van der Waals surface area contributed by atoms with Gasteiger partial charge in [0.15, 0.2) is 0 Å². The SMILES string of the molecule is Cc1[nH]c(C(=O)N[C@@H]2CCCc3ccccc32)c(C)c1[C@H](C)O. The number of fused-ring (bicyclic) bond motifs is 1. The van der Waals surface area contributed by atoms with Crippen LogP contribution >= 0.6 is 0 Å². The molecule has 0 aliphatic heterocycles. The average Bonchev–Trinajstić information content (AvgIpc) is 2.82. The van der Waals surface area contributed by atoms with Crippen LogP contribution in [0.25, 0.3) is 0 Å². The van der Waals surface area contributed by atoms with E-state index in [4.69, 9.17) is 0 Å². The molecular weight excluding hydrogens is 288 g/mol. The van der Waals surface area contributed by atoms with Crippen LogP contribution < -0.4 is 5.32 Å². The molecule has 0 spiro atoms. The summed E-state index contributed by atoms with van der Waals surface area (Å²) in [6.07, 6.45) is 2.55. The van der Waals surface area contributed by atoms with E-state index in [-0.39, 0.29) is 11.9 Å². The summed E-state index contributed by atoms with van der Waals surface area (Å²) in [7, 11) is 0. The molecule has 23 heavy (non-hydrogen) atoms. The molecule has 1 amide bonds. The molecule has 0 unspecified atom stereocenters. The molecule has 2 aromatic rings. The predicted octanol–water partition coefficient (Wildman–Crippen LogP) is 3.49. The fourth-order valence-corrected chi connectivity index (χ4v) is 3.75. The number of carbonyl (C=O) groups is 1. The molecule has 2 atom stereocenters. The lowest BCUT2D eigenvalue weighted by molar-refractivity contribution is 0.0927. The number of aryl methyl sites for hydroxylation is 2. The van der Waals surface area contributed by atoms with E-state index in [2.05, 4.69) is 28.5 Å². The standard InChI is InChI=1S/C19H24N2O2/c1-11-17(13(3)22)12(2)20-18(11)19(23)21-16-10-6-8-14-7-4-5-9-15(14)16/h4-5,7,9,13,16,20,22H,6,8,10H2,1-3H3,(H,21,23)/t13-,16+/m0/s1. The smallest absolute Gasteiger partial charge is 0.268 e. The van der Waals surface area contributed by atoms with E-state index in [9.17, 15) is 9.90 Å². The number of hydrogen-bond donors (Lipinski definition) is 3. The zero-order chi connectivity index (χ0) is 16.6. The zero-order valence-electron chi connectivity index (χ0n) is 13.9. The topological polar surface area (TPSA) is 65.1 Å². The molecule has 1 aliphatic carbocycles. The van der Waals surface area contributed by atoms with E-state index in [0.29, 0.717) is 5.69 Å². The Labute approximate surface area is 136 Å². The van der Waals surface area contributed by atoms with E-state index >= 15 is 0 Å². The molecule has 1 heterocycles. The molecular formula is C19H24N2O2. The highest BCUT2D eigenvalue weighted by atomic mass is 16.3. The number of carbonyl (C=O) groups excluding carboxylic acids is 1. The Balaban J connectivity index is 1.85. The first-order chi connectivity index (χ1) is 11.0. The lowest BCUT2D eigenvalue weighted by Gasteiger charge is -2.26. The maximum Gasteiger partial charge on any atom is 0.268 e. The maximum atomic E-state index is 12.7. The monoisotopic (exact) mass is 312 g/mol. The third-order valence-electron chi connectivity index (χ3n) is 4.82. The molecule has 3 rings (SSSR count). The van der Waals surface area contributed by atoms with Gasteiger partial charge in [0.25, 0.3) is 5.91 Å². The number of nitrogens with one attached hydrogen (secondary N) is 2. The molecule has 4 heteroatoms. The molecule has 1 aliphatic rings. The van der Waals surface area contributed by atoms with Crippen LogP contribution in [-0.4, -0.2) is 16.0 Å². The Morgan fingerprint density at radius 1 is 1.35 bits per heavy atom. The summed E-state index contributed by atoms with van der Waals surface area (Å²) in [6, 6.07) is 8.39. The van der Waals surface area contributed by atoms with Crippen LogP contribution in [0.3, 0.4) is 0 Å². The van der Waals surface area contributed by atoms with E-state index < -0.39 is 6.10 Å². The van der Waals surface area contributed by atoms with Crippen LogP contribution in [0, 0.1) is 13.8 Å². The summed E-state index contributed by atoms with van der Waals surface area (Å²) < 4.78 is 0. The summed E-state index contributed by atoms with van der Waals surface area (Å²) in [6.45, 7) is 5.50. The van der Waals surface area contributed by atoms with Crippen molar-refractivity contribution in [1.82, 2.24) is 10.3 Å². The van der Waals surface area contributed by atoms with Gasteiger partial charge in [-0.3, -0.25) is 4.79 Å². The molecule has 1 aromatic heterocycles. The minimum absolute atomic E-state index is 0.0606. The van der Waals surface area contributed by atoms with Crippen molar-refractivity contribution in [2.24, 2.45) is 0 Å². The second kappa shape index (κ2) is 6.20. The van der Waals surface area contributed by atoms with Gasteiger partial charge in [0.2, 0.25) is 0 Å². The highest BCUT2D eigenvalue weighted by Gasteiger charge is 2.25. The Hall–Kier alpha value is -2.07. The van der Waals surface area contributed by atoms with Gasteiger partial charge in [-0.25, -0.2) is 0 Å². The van der Waals surface area contributed by atoms with Crippen molar-refractivity contribution >= 4 is 5.91 Å². The number of aliphatic hydroxyl groups excluding tert-OH is 1. The van der Waals surface area contributed by atoms with Gasteiger partial charge in [-0.2, -0.15) is 0 Å². The lowest BCUT2D eigenvalue weighted by Crippen LogP contribution is -2.31. The van der Waals surface area contributed by atoms with E-state index in [1.165, 1.54) is 11.1 Å². The summed E-state index contributed by atoms with van der Waals surface area (Å²) in [5.74, 6) is -0.0980. The highest BCUT2D eigenvalue weighted by Crippen LogP contribution is 2.30. The second-order valence-corrected chi connectivity index (χ2v) is 6.46. The van der Waals surface area contributed by atoms with Crippen molar-refractivity contribution in [2.45, 2.75) is 52.2 Å². The molecule has 1 aromatic carbocycles. The number of aliphatic hydroxyl groups is 1. The van der Waals surface area contributed by atoms with Crippen molar-refractivity contribution in [3.8, 4) is 0 Å². The first-order valence-electron chi connectivity index (χ1n) is 8.24. The van der Waals surface area contributed by atoms with Crippen LogP contribution in [0.5, 0.6) is 0 Å². The summed E-state index contributed by atoms with van der Waals surface area (Å²) in [5.41, 5.74) is 5.61. The molecule has 3 N–H and O–H groups in total. The minimum Gasteiger partial charge on any atom is -0.389 e. The number of H-pyrrole nitrogens is 1. The van der Waals surface area contributed by atoms with Crippen molar-refractivity contribution < 1.29 is 9.90 Å². The van der Waals surface area contributed by atoms with Gasteiger partial charge in [-0.1, -0.05) is 24.3 Å². The van der Waals surface area contributed by atoms with E-state index in [1.54, 1.807) is 6.92 Å². The number of benzene rings is 1. The van der Waals surface area contributed by atoms with Gasteiger partial charge in [0.05, 0.1) is 12.1 Å². The minimum atomic E-state index is -0.580. The number of amides is 1. The molecule has 0 radical (unpaired) electrons. The van der Waals surface area contributed by atoms with Crippen molar-refractivity contribution in [2.75, 3.05) is 0 Å². The molecule has 4 nitrogen and oxygen atoms in total. The largest absolute Gasteiger partial charge is 0.389 e. The highest BCUT2D eigenvalue weighted by molar-refractivity contribution is 5.94. The summed E-state index contributed by atoms with van der Waals surface area (Å²) in [4.78, 5) is 15.8. The Kier molecular flexibility index (Phi) is 4.26. The van der Waals surface area contributed by atoms with E-state index in [1.807, 2.05) is 19.9 Å². The molecule has 0 bridgehead atoms. The van der Waals surface area contributed by atoms with Gasteiger partial charge in [0, 0.05) is 11.3 Å². The number of rotatable bonds is 3. The molecule has 0 saturated heterocycles. The Morgan fingerprint density at radius 3 is 2.78 bits per heavy atom. The van der Waals surface area contributed by atoms with Crippen molar-refractivity contribution in [1.29, 1.82) is 0 Å². The molecule has 122 valence electrons. The van der Waals surface area contributed by atoms with Crippen molar-refractivity contribution in [3.05, 3.63) is 57.9 Å². The van der Waals surface area contributed by atoms with Gasteiger partial charge in [-0.05, 0) is 56.7 Å². The third-order valence-corrected chi connectivity index (χ3v) is 4.82. The van der Waals surface area contributed by atoms with Crippen LogP contribution in [-0.2, 0) is 6.42 Å². The third kappa shape index (κ3) is 2.91. The first kappa shape index (κ1) is 15.8. The van der Waals surface area contributed by atoms with Crippen LogP contribution in [0.15, 0.2) is 24.3 Å². The number of hydrogen-bond acceptors (Lipinski definition) is 2. The lowest BCUT2D eigenvalue weighted by atomic mass is 9.87. The van der Waals surface area contributed by atoms with Gasteiger partial charge in [0.1, 0.15) is 5.69 Å². The van der Waals surface area contributed by atoms with Gasteiger partial charge >= 0.3 is 0 Å². The fourth-order valence-electron chi connectivity index (χ4n) is 3.75. The normalized spacial score (nSPS) is 18.3. The first-order valence-corrected chi connectivity index (χ1v) is 8.24. The van der Waals surface area contributed by atoms with Crippen LogP contribution in [0.1, 0.15) is 70.3 Å². The predicted molar refractivity (Wildman–Crippen MR) is 90.5 cm³/mol. The summed E-state index contributed by atoms with van der Waals surface area (Å²) in [5, 5.41) is 13.0. The Bertz CT molecular complexity index is 731. The maximum absolute atomic E-state index is 12.7. The average molecular weight is 312 g/mol. The number of aromatic amines is 1. The van der Waals surface area contributed by atoms with E-state index in [0.717, 1.165) is 36.1 Å². The van der Waals surface area contributed by atoms with Gasteiger partial charge in [-0.15, -0.1) is 0 Å². The molecule has 0 fully saturated rings. The zero-order valence-corrected chi connectivity index (χ0v) is 13.9. The Morgan fingerprint density at radius 2 is 2.09 bits per heavy atom. The van der Waals surface area contributed by atoms with Gasteiger partial charge < -0.3 is 15.4 Å². The van der Waals surface area contributed by atoms with Crippen LogP contribution in [0.2, 0.25) is 0 Å². The second-order valence-electron chi connectivity index (χ2n) is 6.46. The number of aromatic nitrogens is 1. The van der Waals surface area contributed by atoms with Crippen LogP contribution in [0.4, 0.5) is 0 Å². The molecule has 0 saturated carbocycles.